The molecule has 0 aliphatic rings. The lowest BCUT2D eigenvalue weighted by molar-refractivity contribution is 0.603. The number of nitrogens with zero attached hydrogens (tertiary/aromatic N) is 1. The Kier molecular flexibility index (Phi) is 4.00. The number of H-pyrrole nitrogens is 1. The predicted molar refractivity (Wildman–Crippen MR) is 75.8 cm³/mol. The summed E-state index contributed by atoms with van der Waals surface area (Å²) in [5, 5.41) is 6.81. The lowest BCUT2D eigenvalue weighted by atomic mass is 10.3. The second-order valence-corrected chi connectivity index (χ2v) is 8.10. The van der Waals surface area contributed by atoms with Crippen LogP contribution in [0.2, 0.25) is 5.02 Å². The normalized spacial score (nSPS) is 11.7. The molecule has 9 heteroatoms. The van der Waals surface area contributed by atoms with Crippen molar-refractivity contribution in [2.24, 2.45) is 0 Å². The summed E-state index contributed by atoms with van der Waals surface area (Å²) in [4.78, 5) is 0. The first-order valence-electron chi connectivity index (χ1n) is 4.94. The van der Waals surface area contributed by atoms with Crippen LogP contribution in [0.3, 0.4) is 0 Å². The number of aromatic nitrogens is 2. The van der Waals surface area contributed by atoms with Crippen molar-refractivity contribution in [2.75, 3.05) is 4.72 Å². The number of aromatic amines is 1. The van der Waals surface area contributed by atoms with Gasteiger partial charge in [0.25, 0.3) is 10.0 Å². The Labute approximate surface area is 122 Å². The second-order valence-electron chi connectivity index (χ2n) is 3.42. The molecule has 2 aromatic heterocycles. The van der Waals surface area contributed by atoms with Crippen molar-refractivity contribution in [1.82, 2.24) is 10.2 Å². The predicted octanol–water partition coefficient (Wildman–Crippen LogP) is 3.25. The Hall–Kier alpha value is -0.570. The quantitative estimate of drug-likeness (QED) is 0.867. The minimum absolute atomic E-state index is 0.149. The van der Waals surface area contributed by atoms with E-state index in [1.165, 1.54) is 6.07 Å². The van der Waals surface area contributed by atoms with E-state index in [4.69, 9.17) is 11.6 Å². The zero-order valence-electron chi connectivity index (χ0n) is 9.20. The largest absolute Gasteiger partial charge is 0.272 e. The Morgan fingerprint density at radius 2 is 2.33 bits per heavy atom. The van der Waals surface area contributed by atoms with Crippen molar-refractivity contribution in [3.05, 3.63) is 26.6 Å². The molecule has 0 atom stereocenters. The average molecular weight is 371 g/mol. The number of sulfonamides is 1. The van der Waals surface area contributed by atoms with Crippen molar-refractivity contribution in [1.29, 1.82) is 0 Å². The molecule has 0 aliphatic heterocycles. The number of anilines is 1. The first-order chi connectivity index (χ1) is 8.44. The average Bonchev–Trinajstić information content (AvgIpc) is 2.86. The molecule has 0 aromatic carbocycles. The molecule has 2 heterocycles. The van der Waals surface area contributed by atoms with Crippen molar-refractivity contribution in [3.63, 3.8) is 0 Å². The third-order valence-corrected chi connectivity index (χ3v) is 6.52. The molecular weight excluding hydrogens is 362 g/mol. The zero-order chi connectivity index (χ0) is 13.3. The molecule has 98 valence electrons. The molecule has 0 saturated carbocycles. The first kappa shape index (κ1) is 13.9. The minimum atomic E-state index is -3.63. The van der Waals surface area contributed by atoms with Crippen LogP contribution in [0, 0.1) is 0 Å². The molecule has 0 bridgehead atoms. The van der Waals surface area contributed by atoms with Crippen LogP contribution in [0.25, 0.3) is 0 Å². The molecule has 2 aromatic rings. The van der Waals surface area contributed by atoms with Gasteiger partial charge in [-0.25, -0.2) is 8.42 Å². The van der Waals surface area contributed by atoms with Crippen LogP contribution in [0.4, 0.5) is 5.82 Å². The fourth-order valence-electron chi connectivity index (χ4n) is 1.31. The number of rotatable bonds is 4. The van der Waals surface area contributed by atoms with Gasteiger partial charge in [0.2, 0.25) is 0 Å². The molecule has 0 fully saturated rings. The summed E-state index contributed by atoms with van der Waals surface area (Å²) >= 11 is 10.1. The van der Waals surface area contributed by atoms with E-state index < -0.39 is 10.0 Å². The molecule has 2 N–H and O–H groups in total. The van der Waals surface area contributed by atoms with Crippen LogP contribution in [0.15, 0.2) is 20.3 Å². The Morgan fingerprint density at radius 3 is 2.89 bits per heavy atom. The molecule has 2 rings (SSSR count). The molecule has 0 unspecified atom stereocenters. The summed E-state index contributed by atoms with van der Waals surface area (Å²) in [6.07, 6.45) is 2.28. The number of nitrogens with one attached hydrogen (secondary N) is 2. The van der Waals surface area contributed by atoms with E-state index in [0.717, 1.165) is 16.9 Å². The molecule has 0 spiro atoms. The molecule has 0 saturated heterocycles. The van der Waals surface area contributed by atoms with E-state index in [-0.39, 0.29) is 4.21 Å². The summed E-state index contributed by atoms with van der Waals surface area (Å²) in [6.45, 7) is 1.92. The fraction of sp³-hybridized carbons (Fsp3) is 0.222. The summed E-state index contributed by atoms with van der Waals surface area (Å²) in [6, 6.07) is 1.40. The van der Waals surface area contributed by atoms with Gasteiger partial charge in [0.15, 0.2) is 0 Å². The smallest absolute Gasteiger partial charge is 0.263 e. The van der Waals surface area contributed by atoms with Crippen LogP contribution in [-0.2, 0) is 16.4 Å². The number of thiophene rings is 1. The Balaban J connectivity index is 2.33. The first-order valence-corrected chi connectivity index (χ1v) is 8.41. The van der Waals surface area contributed by atoms with Gasteiger partial charge in [0.1, 0.15) is 10.0 Å². The van der Waals surface area contributed by atoms with Gasteiger partial charge in [-0.2, -0.15) is 5.10 Å². The van der Waals surface area contributed by atoms with Gasteiger partial charge in [-0.15, -0.1) is 11.3 Å². The number of halogens is 2. The monoisotopic (exact) mass is 369 g/mol. The van der Waals surface area contributed by atoms with Crippen molar-refractivity contribution in [2.45, 2.75) is 17.6 Å². The van der Waals surface area contributed by atoms with E-state index in [2.05, 4.69) is 30.8 Å². The summed E-state index contributed by atoms with van der Waals surface area (Å²) in [5.41, 5.74) is 0.806. The Bertz CT molecular complexity index is 646. The van der Waals surface area contributed by atoms with Gasteiger partial charge in [-0.3, -0.25) is 9.82 Å². The van der Waals surface area contributed by atoms with Crippen molar-refractivity contribution in [3.8, 4) is 0 Å². The maximum absolute atomic E-state index is 12.1. The van der Waals surface area contributed by atoms with E-state index in [0.29, 0.717) is 21.0 Å². The van der Waals surface area contributed by atoms with Crippen LogP contribution >= 0.6 is 38.9 Å². The highest BCUT2D eigenvalue weighted by Gasteiger charge is 2.20. The van der Waals surface area contributed by atoms with Gasteiger partial charge in [-0.05, 0) is 28.4 Å². The van der Waals surface area contributed by atoms with Gasteiger partial charge in [0.05, 0.1) is 15.0 Å². The van der Waals surface area contributed by atoms with Crippen LogP contribution in [-0.4, -0.2) is 18.6 Å². The maximum atomic E-state index is 12.1. The number of aryl methyl sites for hydroxylation is 1. The summed E-state index contributed by atoms with van der Waals surface area (Å²) in [7, 11) is -3.63. The third kappa shape index (κ3) is 2.71. The topological polar surface area (TPSA) is 74.8 Å². The Morgan fingerprint density at radius 1 is 1.61 bits per heavy atom. The van der Waals surface area contributed by atoms with E-state index in [9.17, 15) is 8.42 Å². The number of hydrogen-bond donors (Lipinski definition) is 2. The highest BCUT2D eigenvalue weighted by molar-refractivity contribution is 9.11. The van der Waals surface area contributed by atoms with Crippen LogP contribution < -0.4 is 4.72 Å². The second kappa shape index (κ2) is 5.20. The summed E-state index contributed by atoms with van der Waals surface area (Å²) in [5.74, 6) is 0.387. The zero-order valence-corrected chi connectivity index (χ0v) is 13.2. The van der Waals surface area contributed by atoms with Crippen molar-refractivity contribution >= 4 is 54.7 Å². The van der Waals surface area contributed by atoms with E-state index in [1.807, 2.05) is 6.92 Å². The standard InChI is InChI=1S/C9H9BrClN3O2S2/c1-2-5-4-12-13-9(5)14-18(15,16)7-3-6(11)8(10)17-7/h3-4H,2H2,1H3,(H2,12,13,14). The lowest BCUT2D eigenvalue weighted by Crippen LogP contribution is -2.12. The van der Waals surface area contributed by atoms with Crippen LogP contribution in [0.1, 0.15) is 12.5 Å². The molecule has 18 heavy (non-hydrogen) atoms. The fourth-order valence-corrected chi connectivity index (χ4v) is 4.77. The van der Waals surface area contributed by atoms with Gasteiger partial charge in [-0.1, -0.05) is 18.5 Å². The maximum Gasteiger partial charge on any atom is 0.272 e. The van der Waals surface area contributed by atoms with E-state index >= 15 is 0 Å². The SMILES string of the molecule is CCc1cn[nH]c1NS(=O)(=O)c1cc(Cl)c(Br)s1. The molecular formula is C9H9BrClN3O2S2. The van der Waals surface area contributed by atoms with E-state index in [1.54, 1.807) is 6.20 Å². The minimum Gasteiger partial charge on any atom is -0.263 e. The highest BCUT2D eigenvalue weighted by Crippen LogP contribution is 2.35. The van der Waals surface area contributed by atoms with Gasteiger partial charge >= 0.3 is 0 Å². The summed E-state index contributed by atoms with van der Waals surface area (Å²) < 4.78 is 27.4. The molecule has 0 radical (unpaired) electrons. The molecule has 5 nitrogen and oxygen atoms in total. The molecule has 0 amide bonds. The van der Waals surface area contributed by atoms with Gasteiger partial charge < -0.3 is 0 Å². The highest BCUT2D eigenvalue weighted by atomic mass is 79.9. The van der Waals surface area contributed by atoms with Crippen molar-refractivity contribution < 1.29 is 8.42 Å². The molecule has 0 aliphatic carbocycles. The lowest BCUT2D eigenvalue weighted by Gasteiger charge is -2.05. The number of hydrogen-bond acceptors (Lipinski definition) is 4. The van der Waals surface area contributed by atoms with Gasteiger partial charge in [0, 0.05) is 5.56 Å². The van der Waals surface area contributed by atoms with Crippen LogP contribution in [0.5, 0.6) is 0 Å². The third-order valence-electron chi connectivity index (χ3n) is 2.22.